The first kappa shape index (κ1) is 16.3. The van der Waals surface area contributed by atoms with Crippen LogP contribution in [0.25, 0.3) is 0 Å². The van der Waals surface area contributed by atoms with Gasteiger partial charge >= 0.3 is 0 Å². The predicted molar refractivity (Wildman–Crippen MR) is 101 cm³/mol. The normalized spacial score (nSPS) is 23.0. The number of amides is 1. The Morgan fingerprint density at radius 1 is 0.960 bits per heavy atom. The molecule has 1 fully saturated rings. The summed E-state index contributed by atoms with van der Waals surface area (Å²) in [6.45, 7) is 5.78. The van der Waals surface area contributed by atoms with E-state index in [4.69, 9.17) is 0 Å². The van der Waals surface area contributed by atoms with Crippen molar-refractivity contribution in [1.82, 2.24) is 9.80 Å². The van der Waals surface area contributed by atoms with Crippen LogP contribution in [0, 0.1) is 0 Å². The van der Waals surface area contributed by atoms with E-state index in [0.29, 0.717) is 24.3 Å². The summed E-state index contributed by atoms with van der Waals surface area (Å²) < 4.78 is 0. The van der Waals surface area contributed by atoms with Gasteiger partial charge in [0.15, 0.2) is 0 Å². The van der Waals surface area contributed by atoms with E-state index >= 15 is 0 Å². The minimum Gasteiger partial charge on any atom is -0.339 e. The van der Waals surface area contributed by atoms with Crippen LogP contribution in [0.2, 0.25) is 0 Å². The molecule has 2 heterocycles. The standard InChI is InChI=1S/C22H26N2O/c1-2-8-22(25)24-14-13-23-15-20(17-9-4-3-5-10-17)18-11-6-7-12-19(18)21(23)16-24/h3-7,9-12,20-21H,2,8,13-16H2,1H3/t20-,21-/m1/s1. The van der Waals surface area contributed by atoms with Gasteiger partial charge in [-0.15, -0.1) is 0 Å². The van der Waals surface area contributed by atoms with Crippen molar-refractivity contribution in [2.24, 2.45) is 0 Å². The summed E-state index contributed by atoms with van der Waals surface area (Å²) in [5, 5.41) is 0. The molecule has 0 unspecified atom stereocenters. The van der Waals surface area contributed by atoms with Crippen molar-refractivity contribution in [3.8, 4) is 0 Å². The number of carbonyl (C=O) groups excluding carboxylic acids is 1. The zero-order valence-corrected chi connectivity index (χ0v) is 14.9. The molecule has 0 aromatic heterocycles. The summed E-state index contributed by atoms with van der Waals surface area (Å²) in [7, 11) is 0. The van der Waals surface area contributed by atoms with Gasteiger partial charge in [0.2, 0.25) is 5.91 Å². The summed E-state index contributed by atoms with van der Waals surface area (Å²) >= 11 is 0. The molecule has 0 bridgehead atoms. The minimum absolute atomic E-state index is 0.310. The molecule has 2 aliphatic heterocycles. The van der Waals surface area contributed by atoms with E-state index in [1.54, 1.807) is 0 Å². The van der Waals surface area contributed by atoms with Crippen molar-refractivity contribution in [3.63, 3.8) is 0 Å². The quantitative estimate of drug-likeness (QED) is 0.852. The van der Waals surface area contributed by atoms with E-state index in [9.17, 15) is 4.79 Å². The fourth-order valence-corrected chi connectivity index (χ4v) is 4.37. The number of hydrogen-bond acceptors (Lipinski definition) is 2. The van der Waals surface area contributed by atoms with Crippen molar-refractivity contribution in [2.45, 2.75) is 31.7 Å². The SMILES string of the molecule is CCCC(=O)N1CCN2C[C@H](c3ccccc3)c3ccccc3[C@H]2C1. The number of rotatable bonds is 3. The largest absolute Gasteiger partial charge is 0.339 e. The van der Waals surface area contributed by atoms with Crippen molar-refractivity contribution in [1.29, 1.82) is 0 Å². The van der Waals surface area contributed by atoms with Gasteiger partial charge < -0.3 is 4.90 Å². The summed E-state index contributed by atoms with van der Waals surface area (Å²) in [4.78, 5) is 17.0. The molecule has 4 rings (SSSR count). The first-order valence-corrected chi connectivity index (χ1v) is 9.43. The third-order valence-electron chi connectivity index (χ3n) is 5.66. The van der Waals surface area contributed by atoms with Gasteiger partial charge in [0.1, 0.15) is 0 Å². The van der Waals surface area contributed by atoms with Gasteiger partial charge in [0.25, 0.3) is 0 Å². The Balaban J connectivity index is 1.66. The molecule has 1 amide bonds. The van der Waals surface area contributed by atoms with E-state index in [2.05, 4.69) is 71.3 Å². The Hall–Kier alpha value is -2.13. The van der Waals surface area contributed by atoms with E-state index in [-0.39, 0.29) is 0 Å². The predicted octanol–water partition coefficient (Wildman–Crippen LogP) is 3.82. The van der Waals surface area contributed by atoms with Crippen LogP contribution >= 0.6 is 0 Å². The molecule has 0 saturated carbocycles. The van der Waals surface area contributed by atoms with Crippen LogP contribution < -0.4 is 0 Å². The summed E-state index contributed by atoms with van der Waals surface area (Å²) in [6.07, 6.45) is 1.59. The molecule has 0 aliphatic carbocycles. The number of piperazine rings is 1. The highest BCUT2D eigenvalue weighted by Gasteiger charge is 2.37. The highest BCUT2D eigenvalue weighted by molar-refractivity contribution is 5.76. The average molecular weight is 334 g/mol. The van der Waals surface area contributed by atoms with Crippen LogP contribution in [0.3, 0.4) is 0 Å². The van der Waals surface area contributed by atoms with Crippen LogP contribution in [-0.4, -0.2) is 41.9 Å². The van der Waals surface area contributed by atoms with Crippen LogP contribution in [-0.2, 0) is 4.79 Å². The van der Waals surface area contributed by atoms with Crippen molar-refractivity contribution >= 4 is 5.91 Å². The average Bonchev–Trinajstić information content (AvgIpc) is 2.68. The lowest BCUT2D eigenvalue weighted by molar-refractivity contribution is -0.134. The number of nitrogens with zero attached hydrogens (tertiary/aromatic N) is 2. The summed E-state index contributed by atoms with van der Waals surface area (Å²) in [5.41, 5.74) is 4.22. The number of benzene rings is 2. The monoisotopic (exact) mass is 334 g/mol. The molecule has 3 nitrogen and oxygen atoms in total. The first-order valence-electron chi connectivity index (χ1n) is 9.43. The first-order chi connectivity index (χ1) is 12.3. The van der Waals surface area contributed by atoms with Gasteiger partial charge in [0, 0.05) is 38.5 Å². The maximum atomic E-state index is 12.4. The van der Waals surface area contributed by atoms with Crippen molar-refractivity contribution < 1.29 is 4.79 Å². The smallest absolute Gasteiger partial charge is 0.222 e. The zero-order chi connectivity index (χ0) is 17.2. The Bertz CT molecular complexity index is 743. The van der Waals surface area contributed by atoms with E-state index in [0.717, 1.165) is 32.6 Å². The van der Waals surface area contributed by atoms with Gasteiger partial charge in [-0.3, -0.25) is 9.69 Å². The van der Waals surface area contributed by atoms with E-state index in [1.165, 1.54) is 16.7 Å². The van der Waals surface area contributed by atoms with Gasteiger partial charge in [-0.25, -0.2) is 0 Å². The molecule has 2 aromatic carbocycles. The lowest BCUT2D eigenvalue weighted by Gasteiger charge is -2.47. The Kier molecular flexibility index (Phi) is 4.58. The maximum Gasteiger partial charge on any atom is 0.222 e. The van der Waals surface area contributed by atoms with Gasteiger partial charge in [-0.1, -0.05) is 61.5 Å². The fourth-order valence-electron chi connectivity index (χ4n) is 4.37. The molecule has 3 heteroatoms. The molecule has 0 radical (unpaired) electrons. The topological polar surface area (TPSA) is 23.6 Å². The van der Waals surface area contributed by atoms with Gasteiger partial charge in [0.05, 0.1) is 6.04 Å². The number of hydrogen-bond donors (Lipinski definition) is 0. The second-order valence-corrected chi connectivity index (χ2v) is 7.19. The summed E-state index contributed by atoms with van der Waals surface area (Å²) in [5.74, 6) is 0.733. The Labute approximate surface area is 150 Å². The van der Waals surface area contributed by atoms with E-state index < -0.39 is 0 Å². The molecule has 0 N–H and O–H groups in total. The highest BCUT2D eigenvalue weighted by Crippen LogP contribution is 2.40. The van der Waals surface area contributed by atoms with Gasteiger partial charge in [-0.2, -0.15) is 0 Å². The third-order valence-corrected chi connectivity index (χ3v) is 5.66. The molecule has 25 heavy (non-hydrogen) atoms. The van der Waals surface area contributed by atoms with Crippen LogP contribution in [0.4, 0.5) is 0 Å². The minimum atomic E-state index is 0.310. The molecule has 2 atom stereocenters. The Morgan fingerprint density at radius 3 is 2.44 bits per heavy atom. The van der Waals surface area contributed by atoms with Gasteiger partial charge in [-0.05, 0) is 23.1 Å². The molecule has 2 aliphatic rings. The second kappa shape index (κ2) is 7.01. The van der Waals surface area contributed by atoms with Crippen LogP contribution in [0.5, 0.6) is 0 Å². The van der Waals surface area contributed by atoms with Crippen molar-refractivity contribution in [2.75, 3.05) is 26.2 Å². The lowest BCUT2D eigenvalue weighted by Crippen LogP contribution is -2.53. The van der Waals surface area contributed by atoms with Crippen molar-refractivity contribution in [3.05, 3.63) is 71.3 Å². The van der Waals surface area contributed by atoms with Crippen LogP contribution in [0.1, 0.15) is 48.4 Å². The molecule has 130 valence electrons. The molecule has 1 saturated heterocycles. The molecular formula is C22H26N2O. The highest BCUT2D eigenvalue weighted by atomic mass is 16.2. The fraction of sp³-hybridized carbons (Fsp3) is 0.409. The Morgan fingerprint density at radius 2 is 1.68 bits per heavy atom. The number of fused-ring (bicyclic) bond motifs is 3. The number of carbonyl (C=O) groups is 1. The second-order valence-electron chi connectivity index (χ2n) is 7.19. The summed E-state index contributed by atoms with van der Waals surface area (Å²) in [6, 6.07) is 20.0. The van der Waals surface area contributed by atoms with Crippen LogP contribution in [0.15, 0.2) is 54.6 Å². The molecule has 2 aromatic rings. The van der Waals surface area contributed by atoms with E-state index in [1.807, 2.05) is 0 Å². The lowest BCUT2D eigenvalue weighted by atomic mass is 9.80. The third kappa shape index (κ3) is 3.09. The molecule has 0 spiro atoms. The molecular weight excluding hydrogens is 308 g/mol. The maximum absolute atomic E-state index is 12.4. The zero-order valence-electron chi connectivity index (χ0n) is 14.9.